The zero-order valence-electron chi connectivity index (χ0n) is 20.0. The first kappa shape index (κ1) is 26.8. The molecule has 0 unspecified atom stereocenters. The molecule has 0 atom stereocenters. The normalized spacial score (nSPS) is 10.6. The van der Waals surface area contributed by atoms with Gasteiger partial charge in [-0.25, -0.2) is 5.43 Å². The minimum Gasteiger partial charge on any atom is -0.493 e. The Bertz CT molecular complexity index is 1230. The molecule has 0 heterocycles. The Kier molecular flexibility index (Phi) is 9.92. The third-order valence-corrected chi connectivity index (χ3v) is 5.56. The van der Waals surface area contributed by atoms with Crippen LogP contribution in [0.4, 0.5) is 5.69 Å². The van der Waals surface area contributed by atoms with Crippen LogP contribution in [-0.4, -0.2) is 45.5 Å². The van der Waals surface area contributed by atoms with Crippen molar-refractivity contribution in [2.45, 2.75) is 6.92 Å². The summed E-state index contributed by atoms with van der Waals surface area (Å²) in [4.78, 5) is 24.7. The summed E-state index contributed by atoms with van der Waals surface area (Å²) < 4.78 is 22.6. The van der Waals surface area contributed by atoms with Gasteiger partial charge in [0.05, 0.1) is 30.6 Å². The van der Waals surface area contributed by atoms with E-state index in [0.29, 0.717) is 50.0 Å². The number of carbonyl (C=O) groups is 2. The fraction of sp³-hybridized carbons (Fsp3) is 0.192. The van der Waals surface area contributed by atoms with Gasteiger partial charge >= 0.3 is 0 Å². The quantitative estimate of drug-likeness (QED) is 0.190. The van der Waals surface area contributed by atoms with Crippen molar-refractivity contribution in [3.8, 4) is 23.0 Å². The molecule has 0 spiro atoms. The second-order valence-corrected chi connectivity index (χ2v) is 8.40. The number of hydrogen-bond acceptors (Lipinski definition) is 7. The van der Waals surface area contributed by atoms with Gasteiger partial charge < -0.3 is 24.3 Å². The van der Waals surface area contributed by atoms with E-state index in [1.54, 1.807) is 42.5 Å². The minimum absolute atomic E-state index is 0.184. The lowest BCUT2D eigenvalue weighted by Crippen LogP contribution is -2.20. The van der Waals surface area contributed by atoms with Gasteiger partial charge in [-0.1, -0.05) is 18.2 Å². The van der Waals surface area contributed by atoms with Crippen molar-refractivity contribution in [2.24, 2.45) is 5.10 Å². The number of para-hydroxylation sites is 1. The van der Waals surface area contributed by atoms with Gasteiger partial charge in [-0.3, -0.25) is 9.59 Å². The molecule has 188 valence electrons. The molecule has 3 aromatic carbocycles. The number of amides is 2. The highest BCUT2D eigenvalue weighted by Gasteiger charge is 2.14. The molecule has 36 heavy (non-hydrogen) atoms. The van der Waals surface area contributed by atoms with Crippen LogP contribution in [0.1, 0.15) is 22.8 Å². The summed E-state index contributed by atoms with van der Waals surface area (Å²) in [5, 5.41) is 6.81. The molecule has 0 aliphatic heterocycles. The number of methoxy groups -OCH3 is 2. The average molecular weight is 603 g/mol. The smallest absolute Gasteiger partial charge is 0.271 e. The number of ether oxygens (including phenoxy) is 4. The molecular weight excluding hydrogens is 577 g/mol. The van der Waals surface area contributed by atoms with Crippen LogP contribution in [0.15, 0.2) is 65.8 Å². The Morgan fingerprint density at radius 3 is 2.39 bits per heavy atom. The van der Waals surface area contributed by atoms with Crippen molar-refractivity contribution in [3.05, 3.63) is 75.4 Å². The molecule has 0 aromatic heterocycles. The number of halogens is 1. The first-order valence-corrected chi connectivity index (χ1v) is 12.0. The van der Waals surface area contributed by atoms with Gasteiger partial charge in [0, 0.05) is 11.3 Å². The molecule has 2 N–H and O–H groups in total. The Labute approximate surface area is 222 Å². The van der Waals surface area contributed by atoms with E-state index in [0.717, 1.165) is 0 Å². The summed E-state index contributed by atoms with van der Waals surface area (Å²) in [5.41, 5.74) is 4.23. The summed E-state index contributed by atoms with van der Waals surface area (Å²) in [6, 6.07) is 17.5. The van der Waals surface area contributed by atoms with Crippen molar-refractivity contribution in [3.63, 3.8) is 0 Å². The second kappa shape index (κ2) is 13.3. The van der Waals surface area contributed by atoms with E-state index in [1.807, 2.05) is 25.1 Å². The number of rotatable bonds is 11. The van der Waals surface area contributed by atoms with E-state index in [-0.39, 0.29) is 12.5 Å². The lowest BCUT2D eigenvalue weighted by Gasteiger charge is -2.13. The van der Waals surface area contributed by atoms with Gasteiger partial charge in [-0.15, -0.1) is 0 Å². The van der Waals surface area contributed by atoms with E-state index in [9.17, 15) is 9.59 Å². The van der Waals surface area contributed by atoms with Crippen molar-refractivity contribution in [2.75, 3.05) is 32.8 Å². The highest BCUT2D eigenvalue weighted by molar-refractivity contribution is 14.1. The van der Waals surface area contributed by atoms with Crippen LogP contribution < -0.4 is 29.7 Å². The summed E-state index contributed by atoms with van der Waals surface area (Å²) >= 11 is 2.09. The van der Waals surface area contributed by atoms with Crippen LogP contribution >= 0.6 is 22.6 Å². The number of nitrogens with one attached hydrogen (secondary N) is 2. The standard InChI is InChI=1S/C26H26IN3O6/c1-4-35-22-14-18(10-11-21(22)33-2)26(32)30-28-15-17-12-20(27)25(23(13-17)34-3)36-16-24(31)29-19-8-6-5-7-9-19/h5-15H,4,16H2,1-3H3,(H,29,31)(H,30,32)/b28-15+. The summed E-state index contributed by atoms with van der Waals surface area (Å²) in [5.74, 6) is 1.18. The number of benzene rings is 3. The highest BCUT2D eigenvalue weighted by Crippen LogP contribution is 2.33. The maximum absolute atomic E-state index is 12.5. The van der Waals surface area contributed by atoms with Crippen molar-refractivity contribution in [1.82, 2.24) is 5.43 Å². The monoisotopic (exact) mass is 603 g/mol. The van der Waals surface area contributed by atoms with E-state index in [4.69, 9.17) is 18.9 Å². The molecule has 0 aliphatic carbocycles. The molecule has 0 saturated carbocycles. The van der Waals surface area contributed by atoms with Gasteiger partial charge in [0.15, 0.2) is 29.6 Å². The summed E-state index contributed by atoms with van der Waals surface area (Å²) in [6.45, 7) is 2.11. The van der Waals surface area contributed by atoms with Crippen molar-refractivity contribution in [1.29, 1.82) is 0 Å². The Morgan fingerprint density at radius 2 is 1.69 bits per heavy atom. The van der Waals surface area contributed by atoms with Crippen LogP contribution in [0, 0.1) is 3.57 Å². The predicted molar refractivity (Wildman–Crippen MR) is 146 cm³/mol. The molecule has 0 saturated heterocycles. The number of nitrogens with zero attached hydrogens (tertiary/aromatic N) is 1. The number of hydrogen-bond donors (Lipinski definition) is 2. The molecule has 3 aromatic rings. The molecule has 0 aliphatic rings. The SMILES string of the molecule is CCOc1cc(C(=O)N/N=C/c2cc(I)c(OCC(=O)Nc3ccccc3)c(OC)c2)ccc1OC. The van der Waals surface area contributed by atoms with Gasteiger partial charge in [0.2, 0.25) is 0 Å². The van der Waals surface area contributed by atoms with Crippen LogP contribution in [0.25, 0.3) is 0 Å². The van der Waals surface area contributed by atoms with Crippen molar-refractivity contribution < 1.29 is 28.5 Å². The lowest BCUT2D eigenvalue weighted by molar-refractivity contribution is -0.118. The zero-order chi connectivity index (χ0) is 25.9. The average Bonchev–Trinajstić information content (AvgIpc) is 2.88. The van der Waals surface area contributed by atoms with Crippen LogP contribution in [0.3, 0.4) is 0 Å². The molecule has 9 nitrogen and oxygen atoms in total. The number of anilines is 1. The Balaban J connectivity index is 1.64. The topological polar surface area (TPSA) is 107 Å². The summed E-state index contributed by atoms with van der Waals surface area (Å²) in [6.07, 6.45) is 1.49. The molecule has 10 heteroatoms. The third kappa shape index (κ3) is 7.35. The fourth-order valence-electron chi connectivity index (χ4n) is 3.13. The summed E-state index contributed by atoms with van der Waals surface area (Å²) in [7, 11) is 3.04. The molecule has 0 bridgehead atoms. The van der Waals surface area contributed by atoms with E-state index >= 15 is 0 Å². The minimum atomic E-state index is -0.402. The van der Waals surface area contributed by atoms with Gasteiger partial charge in [-0.2, -0.15) is 5.10 Å². The third-order valence-electron chi connectivity index (χ3n) is 4.76. The highest BCUT2D eigenvalue weighted by atomic mass is 127. The lowest BCUT2D eigenvalue weighted by atomic mass is 10.2. The molecule has 0 fully saturated rings. The van der Waals surface area contributed by atoms with Crippen LogP contribution in [-0.2, 0) is 4.79 Å². The fourth-order valence-corrected chi connectivity index (χ4v) is 3.91. The Hall–Kier alpha value is -3.80. The maximum atomic E-state index is 12.5. The molecule has 2 amide bonds. The van der Waals surface area contributed by atoms with Gasteiger partial charge in [0.1, 0.15) is 0 Å². The second-order valence-electron chi connectivity index (χ2n) is 7.23. The number of carbonyl (C=O) groups excluding carboxylic acids is 2. The van der Waals surface area contributed by atoms with Crippen LogP contribution in [0.2, 0.25) is 0 Å². The molecule has 0 radical (unpaired) electrons. The van der Waals surface area contributed by atoms with Gasteiger partial charge in [-0.05, 0) is 77.5 Å². The Morgan fingerprint density at radius 1 is 0.944 bits per heavy atom. The zero-order valence-corrected chi connectivity index (χ0v) is 22.2. The predicted octanol–water partition coefficient (Wildman–Crippen LogP) is 4.49. The van der Waals surface area contributed by atoms with E-state index in [1.165, 1.54) is 20.4 Å². The largest absolute Gasteiger partial charge is 0.493 e. The first-order chi connectivity index (χ1) is 17.4. The molecular formula is C26H26IN3O6. The van der Waals surface area contributed by atoms with E-state index in [2.05, 4.69) is 38.4 Å². The number of hydrazone groups is 1. The van der Waals surface area contributed by atoms with Gasteiger partial charge in [0.25, 0.3) is 11.8 Å². The first-order valence-electron chi connectivity index (χ1n) is 10.9. The van der Waals surface area contributed by atoms with Crippen molar-refractivity contribution >= 4 is 46.3 Å². The molecule has 3 rings (SSSR count). The maximum Gasteiger partial charge on any atom is 0.271 e. The van der Waals surface area contributed by atoms with Crippen LogP contribution in [0.5, 0.6) is 23.0 Å². The van der Waals surface area contributed by atoms with E-state index < -0.39 is 5.91 Å².